The van der Waals surface area contributed by atoms with E-state index in [0.29, 0.717) is 17.3 Å². The summed E-state index contributed by atoms with van der Waals surface area (Å²) in [6.45, 7) is 3.50. The van der Waals surface area contributed by atoms with Crippen LogP contribution < -0.4 is 10.6 Å². The molecule has 1 aliphatic heterocycles. The van der Waals surface area contributed by atoms with Crippen molar-refractivity contribution >= 4 is 22.5 Å². The van der Waals surface area contributed by atoms with E-state index in [0.717, 1.165) is 57.3 Å². The highest BCUT2D eigenvalue weighted by Gasteiger charge is 2.36. The Morgan fingerprint density at radius 2 is 1.97 bits per heavy atom. The lowest BCUT2D eigenvalue weighted by molar-refractivity contribution is -0.137. The molecule has 1 aromatic carbocycles. The molecule has 0 bridgehead atoms. The Labute approximate surface area is 190 Å². The molecular weight excluding hydrogens is 435 g/mol. The first-order valence-electron chi connectivity index (χ1n) is 11.5. The highest BCUT2D eigenvalue weighted by atomic mass is 19.4. The van der Waals surface area contributed by atoms with E-state index >= 15 is 0 Å². The van der Waals surface area contributed by atoms with Crippen LogP contribution in [0.1, 0.15) is 44.6 Å². The van der Waals surface area contributed by atoms with Crippen LogP contribution in [0.5, 0.6) is 0 Å². The van der Waals surface area contributed by atoms with Crippen LogP contribution in [0.2, 0.25) is 0 Å². The monoisotopic (exact) mass is 465 g/mol. The van der Waals surface area contributed by atoms with Gasteiger partial charge in [0.05, 0.1) is 30.5 Å². The molecule has 1 atom stereocenters. The number of anilines is 1. The molecule has 180 valence electrons. The lowest BCUT2D eigenvalue weighted by atomic mass is 9.80. The van der Waals surface area contributed by atoms with Crippen molar-refractivity contribution in [3.8, 4) is 0 Å². The number of rotatable bonds is 7. The standard InChI is InChI=1S/C23H30F3N5O2/c1-2-20(32)14-4-7-18(8-5-14)31-12-17(13-31)29-21(33)11-27-22-19-9-16(23(24,25)26)6-3-15(19)10-28-30-22/h3,6,9-10,14,17-18,20,32H,2,4-5,7-8,11-13H2,1H3,(H,27,30)(H,29,33)/t14-,18-,20-/m1/s1. The third kappa shape index (κ3) is 5.55. The van der Waals surface area contributed by atoms with Crippen LogP contribution in [-0.4, -0.2) is 63.9 Å². The maximum Gasteiger partial charge on any atom is 0.416 e. The third-order valence-corrected chi connectivity index (χ3v) is 6.90. The van der Waals surface area contributed by atoms with Crippen molar-refractivity contribution in [2.45, 2.75) is 63.4 Å². The summed E-state index contributed by atoms with van der Waals surface area (Å²) in [7, 11) is 0. The first kappa shape index (κ1) is 23.7. The summed E-state index contributed by atoms with van der Waals surface area (Å²) in [5.41, 5.74) is -0.775. The fourth-order valence-electron chi connectivity index (χ4n) is 4.91. The number of aliphatic hydroxyl groups excluding tert-OH is 1. The second-order valence-electron chi connectivity index (χ2n) is 9.11. The molecule has 3 N–H and O–H groups in total. The molecule has 10 heteroatoms. The highest BCUT2D eigenvalue weighted by Crippen LogP contribution is 2.33. The predicted octanol–water partition coefficient (Wildman–Crippen LogP) is 3.19. The second-order valence-corrected chi connectivity index (χ2v) is 9.11. The number of hydrogen-bond donors (Lipinski definition) is 3. The largest absolute Gasteiger partial charge is 0.416 e. The first-order valence-corrected chi connectivity index (χ1v) is 11.5. The molecule has 33 heavy (non-hydrogen) atoms. The van der Waals surface area contributed by atoms with Crippen molar-refractivity contribution in [2.75, 3.05) is 25.0 Å². The average Bonchev–Trinajstić information content (AvgIpc) is 2.78. The molecule has 0 radical (unpaired) electrons. The molecule has 1 saturated heterocycles. The van der Waals surface area contributed by atoms with Crippen LogP contribution >= 0.6 is 0 Å². The lowest BCUT2D eigenvalue weighted by Gasteiger charge is -2.47. The molecule has 1 aromatic heterocycles. The molecule has 2 aromatic rings. The van der Waals surface area contributed by atoms with Gasteiger partial charge in [0, 0.05) is 29.9 Å². The second kappa shape index (κ2) is 9.80. The molecule has 4 rings (SSSR count). The minimum Gasteiger partial charge on any atom is -0.393 e. The SMILES string of the molecule is CC[C@@H](O)[C@H]1CC[C@H](N2CC(NC(=O)CNc3nncc4ccc(C(F)(F)F)cc34)C2)CC1. The van der Waals surface area contributed by atoms with Crippen LogP contribution in [0.4, 0.5) is 19.0 Å². The summed E-state index contributed by atoms with van der Waals surface area (Å²) in [5, 5.41) is 24.3. The number of halogens is 3. The van der Waals surface area contributed by atoms with E-state index in [1.165, 1.54) is 12.3 Å². The van der Waals surface area contributed by atoms with Gasteiger partial charge in [-0.1, -0.05) is 13.0 Å². The van der Waals surface area contributed by atoms with Gasteiger partial charge in [-0.15, -0.1) is 5.10 Å². The number of amides is 1. The fourth-order valence-corrected chi connectivity index (χ4v) is 4.91. The van der Waals surface area contributed by atoms with Gasteiger partial charge in [-0.3, -0.25) is 9.69 Å². The Balaban J connectivity index is 1.24. The van der Waals surface area contributed by atoms with Crippen molar-refractivity contribution in [1.82, 2.24) is 20.4 Å². The molecule has 2 aliphatic rings. The molecule has 1 amide bonds. The molecule has 7 nitrogen and oxygen atoms in total. The van der Waals surface area contributed by atoms with Gasteiger partial charge >= 0.3 is 6.18 Å². The third-order valence-electron chi connectivity index (χ3n) is 6.90. The minimum atomic E-state index is -4.46. The molecule has 0 spiro atoms. The maximum atomic E-state index is 13.1. The van der Waals surface area contributed by atoms with Crippen LogP contribution in [-0.2, 0) is 11.0 Å². The molecular formula is C23H30F3N5O2. The zero-order valence-electron chi connectivity index (χ0n) is 18.6. The summed E-state index contributed by atoms with van der Waals surface area (Å²) >= 11 is 0. The van der Waals surface area contributed by atoms with Crippen molar-refractivity contribution in [2.24, 2.45) is 5.92 Å². The number of carbonyl (C=O) groups is 1. The van der Waals surface area contributed by atoms with Crippen molar-refractivity contribution in [1.29, 1.82) is 0 Å². The van der Waals surface area contributed by atoms with Gasteiger partial charge < -0.3 is 15.7 Å². The van der Waals surface area contributed by atoms with Crippen molar-refractivity contribution in [3.05, 3.63) is 30.0 Å². The number of carbonyl (C=O) groups excluding carboxylic acids is 1. The highest BCUT2D eigenvalue weighted by molar-refractivity contribution is 5.93. The Hall–Kier alpha value is -2.46. The number of alkyl halides is 3. The van der Waals surface area contributed by atoms with E-state index in [4.69, 9.17) is 0 Å². The van der Waals surface area contributed by atoms with Crippen molar-refractivity contribution in [3.63, 3.8) is 0 Å². The zero-order chi connectivity index (χ0) is 23.6. The lowest BCUT2D eigenvalue weighted by Crippen LogP contribution is -2.63. The topological polar surface area (TPSA) is 90.4 Å². The van der Waals surface area contributed by atoms with Gasteiger partial charge in [0.1, 0.15) is 0 Å². The summed E-state index contributed by atoms with van der Waals surface area (Å²) in [4.78, 5) is 14.7. The van der Waals surface area contributed by atoms with E-state index in [2.05, 4.69) is 25.7 Å². The van der Waals surface area contributed by atoms with Crippen molar-refractivity contribution < 1.29 is 23.1 Å². The Bertz CT molecular complexity index is 972. The smallest absolute Gasteiger partial charge is 0.393 e. The number of aliphatic hydroxyl groups is 1. The van der Waals surface area contributed by atoms with Gasteiger partial charge in [-0.05, 0) is 50.2 Å². The van der Waals surface area contributed by atoms with Gasteiger partial charge in [-0.25, -0.2) is 0 Å². The summed E-state index contributed by atoms with van der Waals surface area (Å²) in [6, 6.07) is 3.93. The van der Waals surface area contributed by atoms with Crippen LogP contribution in [0.3, 0.4) is 0 Å². The number of hydrogen-bond acceptors (Lipinski definition) is 6. The number of nitrogens with zero attached hydrogens (tertiary/aromatic N) is 3. The molecule has 0 unspecified atom stereocenters. The first-order chi connectivity index (χ1) is 15.7. The van der Waals surface area contributed by atoms with E-state index in [9.17, 15) is 23.1 Å². The van der Waals surface area contributed by atoms with Gasteiger partial charge in [-0.2, -0.15) is 18.3 Å². The number of likely N-dealkylation sites (tertiary alicyclic amines) is 1. The molecule has 2 heterocycles. The quantitative estimate of drug-likeness (QED) is 0.582. The number of aromatic nitrogens is 2. The van der Waals surface area contributed by atoms with Gasteiger partial charge in [0.25, 0.3) is 0 Å². The number of nitrogens with one attached hydrogen (secondary N) is 2. The normalized spacial score (nSPS) is 23.2. The Morgan fingerprint density at radius 1 is 1.24 bits per heavy atom. The van der Waals surface area contributed by atoms with Crippen LogP contribution in [0, 0.1) is 5.92 Å². The van der Waals surface area contributed by atoms with E-state index < -0.39 is 11.7 Å². The summed E-state index contributed by atoms with van der Waals surface area (Å²) < 4.78 is 39.2. The predicted molar refractivity (Wildman–Crippen MR) is 119 cm³/mol. The minimum absolute atomic E-state index is 0.0636. The maximum absolute atomic E-state index is 13.1. The van der Waals surface area contributed by atoms with Crippen LogP contribution in [0.25, 0.3) is 10.8 Å². The zero-order valence-corrected chi connectivity index (χ0v) is 18.6. The van der Waals surface area contributed by atoms with Gasteiger partial charge in [0.15, 0.2) is 5.82 Å². The van der Waals surface area contributed by atoms with E-state index in [-0.39, 0.29) is 35.8 Å². The van der Waals surface area contributed by atoms with E-state index in [1.54, 1.807) is 0 Å². The molecule has 2 fully saturated rings. The van der Waals surface area contributed by atoms with E-state index in [1.807, 2.05) is 6.92 Å². The summed E-state index contributed by atoms with van der Waals surface area (Å²) in [6.07, 6.45) is 1.76. The number of benzene rings is 1. The average molecular weight is 466 g/mol. The fraction of sp³-hybridized carbons (Fsp3) is 0.609. The summed E-state index contributed by atoms with van der Waals surface area (Å²) in [5.74, 6) is 0.314. The van der Waals surface area contributed by atoms with Crippen LogP contribution in [0.15, 0.2) is 24.4 Å². The Kier molecular flexibility index (Phi) is 7.04. The number of fused-ring (bicyclic) bond motifs is 1. The van der Waals surface area contributed by atoms with Gasteiger partial charge in [0.2, 0.25) is 5.91 Å². The Morgan fingerprint density at radius 3 is 2.64 bits per heavy atom. The molecule has 1 aliphatic carbocycles. The molecule has 1 saturated carbocycles.